The van der Waals surface area contributed by atoms with Crippen LogP contribution in [0.5, 0.6) is 11.5 Å². The maximum absolute atomic E-state index is 14.1. The molecule has 2 unspecified atom stereocenters. The van der Waals surface area contributed by atoms with Crippen molar-refractivity contribution in [2.75, 3.05) is 13.7 Å². The molecule has 2 nitrogen and oxygen atoms in total. The molecule has 21 heavy (non-hydrogen) atoms. The maximum Gasteiger partial charge on any atom is 0.134 e. The van der Waals surface area contributed by atoms with Crippen molar-refractivity contribution < 1.29 is 18.3 Å². The average molecular weight is 311 g/mol. The van der Waals surface area contributed by atoms with Gasteiger partial charge in [-0.15, -0.1) is 11.6 Å². The summed E-state index contributed by atoms with van der Waals surface area (Å²) in [5.74, 6) is -0.879. The van der Waals surface area contributed by atoms with Gasteiger partial charge in [-0.1, -0.05) is 18.2 Å². The van der Waals surface area contributed by atoms with E-state index in [4.69, 9.17) is 21.1 Å². The molecular weight excluding hydrogens is 298 g/mol. The van der Waals surface area contributed by atoms with Crippen LogP contribution in [0.1, 0.15) is 22.4 Å². The summed E-state index contributed by atoms with van der Waals surface area (Å²) in [5, 5.41) is -0.848. The van der Waals surface area contributed by atoms with E-state index in [2.05, 4.69) is 0 Å². The molecule has 0 amide bonds. The topological polar surface area (TPSA) is 18.5 Å². The van der Waals surface area contributed by atoms with Gasteiger partial charge in [-0.3, -0.25) is 0 Å². The molecule has 0 aliphatic carbocycles. The van der Waals surface area contributed by atoms with Crippen LogP contribution in [-0.2, 0) is 0 Å². The largest absolute Gasteiger partial charge is 0.497 e. The number of alkyl halides is 1. The van der Waals surface area contributed by atoms with Gasteiger partial charge in [0, 0.05) is 29.2 Å². The molecule has 0 saturated carbocycles. The van der Waals surface area contributed by atoms with Gasteiger partial charge in [-0.2, -0.15) is 0 Å². The van der Waals surface area contributed by atoms with Crippen LogP contribution in [0.4, 0.5) is 8.78 Å². The Labute approximate surface area is 126 Å². The number of hydrogen-bond donors (Lipinski definition) is 0. The Balaban J connectivity index is 1.99. The van der Waals surface area contributed by atoms with E-state index >= 15 is 0 Å². The molecule has 0 aromatic heterocycles. The summed E-state index contributed by atoms with van der Waals surface area (Å²) in [4.78, 5) is 0. The predicted octanol–water partition coefficient (Wildman–Crippen LogP) is 4.43. The predicted molar refractivity (Wildman–Crippen MR) is 76.2 cm³/mol. The standard InChI is InChI=1S/C16H13ClF2O2/c1-20-9-6-12(18)15(13(19)7-9)16(17)11-8-21-14-5-3-2-4-10(11)14/h2-7,11,16H,8H2,1H3. The van der Waals surface area contributed by atoms with Crippen molar-refractivity contribution in [1.82, 2.24) is 0 Å². The highest BCUT2D eigenvalue weighted by Crippen LogP contribution is 2.46. The number of rotatable bonds is 3. The van der Waals surface area contributed by atoms with E-state index in [1.807, 2.05) is 24.3 Å². The smallest absolute Gasteiger partial charge is 0.134 e. The fourth-order valence-electron chi connectivity index (χ4n) is 2.57. The van der Waals surface area contributed by atoms with Crippen LogP contribution in [0.15, 0.2) is 36.4 Å². The first kappa shape index (κ1) is 14.1. The van der Waals surface area contributed by atoms with Crippen LogP contribution < -0.4 is 9.47 Å². The van der Waals surface area contributed by atoms with Crippen molar-refractivity contribution >= 4 is 11.6 Å². The molecular formula is C16H13ClF2O2. The highest BCUT2D eigenvalue weighted by molar-refractivity contribution is 6.21. The number of methoxy groups -OCH3 is 1. The minimum absolute atomic E-state index is 0.126. The third kappa shape index (κ3) is 2.44. The second-order valence-corrected chi connectivity index (χ2v) is 5.33. The number of benzene rings is 2. The van der Waals surface area contributed by atoms with E-state index in [0.717, 1.165) is 17.7 Å². The fraction of sp³-hybridized carbons (Fsp3) is 0.250. The number of para-hydroxylation sites is 1. The molecule has 1 aliphatic rings. The zero-order valence-electron chi connectivity index (χ0n) is 11.3. The normalized spacial score (nSPS) is 18.0. The zero-order chi connectivity index (χ0) is 15.0. The summed E-state index contributed by atoms with van der Waals surface area (Å²) < 4.78 is 38.6. The van der Waals surface area contributed by atoms with Gasteiger partial charge in [-0.25, -0.2) is 8.78 Å². The van der Waals surface area contributed by atoms with Crippen LogP contribution in [0.2, 0.25) is 0 Å². The van der Waals surface area contributed by atoms with Crippen molar-refractivity contribution in [3.8, 4) is 11.5 Å². The lowest BCUT2D eigenvalue weighted by molar-refractivity contribution is 0.325. The molecule has 0 saturated heterocycles. The summed E-state index contributed by atoms with van der Waals surface area (Å²) in [7, 11) is 1.35. The van der Waals surface area contributed by atoms with Crippen molar-refractivity contribution in [3.63, 3.8) is 0 Å². The summed E-state index contributed by atoms with van der Waals surface area (Å²) in [6.45, 7) is 0.304. The van der Waals surface area contributed by atoms with Crippen LogP contribution in [0.25, 0.3) is 0 Å². The molecule has 3 rings (SSSR count). The van der Waals surface area contributed by atoms with Crippen molar-refractivity contribution in [3.05, 3.63) is 59.2 Å². The second kappa shape index (κ2) is 5.53. The summed E-state index contributed by atoms with van der Waals surface area (Å²) in [5.41, 5.74) is 0.717. The van der Waals surface area contributed by atoms with Crippen molar-refractivity contribution in [2.24, 2.45) is 0 Å². The molecule has 2 aromatic rings. The first-order valence-electron chi connectivity index (χ1n) is 6.50. The van der Waals surface area contributed by atoms with E-state index in [-0.39, 0.29) is 17.2 Å². The highest BCUT2D eigenvalue weighted by atomic mass is 35.5. The first-order valence-corrected chi connectivity index (χ1v) is 6.94. The van der Waals surface area contributed by atoms with E-state index in [0.29, 0.717) is 12.4 Å². The molecule has 0 radical (unpaired) electrons. The van der Waals surface area contributed by atoms with Gasteiger partial charge < -0.3 is 9.47 Å². The van der Waals surface area contributed by atoms with E-state index in [1.165, 1.54) is 7.11 Å². The van der Waals surface area contributed by atoms with Gasteiger partial charge in [0.25, 0.3) is 0 Å². The minimum atomic E-state index is -0.848. The SMILES string of the molecule is COc1cc(F)c(C(Cl)C2COc3ccccc32)c(F)c1. The molecule has 0 N–H and O–H groups in total. The molecule has 110 valence electrons. The molecule has 0 fully saturated rings. The number of ether oxygens (including phenoxy) is 2. The number of hydrogen-bond acceptors (Lipinski definition) is 2. The van der Waals surface area contributed by atoms with Crippen molar-refractivity contribution in [2.45, 2.75) is 11.3 Å². The van der Waals surface area contributed by atoms with Crippen LogP contribution >= 0.6 is 11.6 Å². The van der Waals surface area contributed by atoms with Crippen LogP contribution in [0, 0.1) is 11.6 Å². The van der Waals surface area contributed by atoms with Crippen molar-refractivity contribution in [1.29, 1.82) is 0 Å². The Bertz CT molecular complexity index is 652. The Kier molecular flexibility index (Phi) is 3.72. The highest BCUT2D eigenvalue weighted by Gasteiger charge is 2.34. The molecule has 2 atom stereocenters. The second-order valence-electron chi connectivity index (χ2n) is 4.86. The van der Waals surface area contributed by atoms with Crippen LogP contribution in [0.3, 0.4) is 0 Å². The summed E-state index contributed by atoms with van der Waals surface area (Å²) in [6, 6.07) is 9.65. The Morgan fingerprint density at radius 3 is 2.57 bits per heavy atom. The molecule has 2 aromatic carbocycles. The lowest BCUT2D eigenvalue weighted by atomic mass is 9.92. The quantitative estimate of drug-likeness (QED) is 0.781. The molecule has 0 spiro atoms. The first-order chi connectivity index (χ1) is 10.1. The zero-order valence-corrected chi connectivity index (χ0v) is 12.0. The van der Waals surface area contributed by atoms with Gasteiger partial charge >= 0.3 is 0 Å². The third-order valence-electron chi connectivity index (χ3n) is 3.65. The molecule has 5 heteroatoms. The van der Waals surface area contributed by atoms with Gasteiger partial charge in [0.15, 0.2) is 0 Å². The molecule has 1 heterocycles. The Morgan fingerprint density at radius 1 is 1.24 bits per heavy atom. The minimum Gasteiger partial charge on any atom is -0.497 e. The summed E-state index contributed by atoms with van der Waals surface area (Å²) in [6.07, 6.45) is 0. The Morgan fingerprint density at radius 2 is 1.90 bits per heavy atom. The summed E-state index contributed by atoms with van der Waals surface area (Å²) >= 11 is 6.35. The average Bonchev–Trinajstić information content (AvgIpc) is 2.90. The van der Waals surface area contributed by atoms with Gasteiger partial charge in [0.05, 0.1) is 19.1 Å². The van der Waals surface area contributed by atoms with Gasteiger partial charge in [0.1, 0.15) is 23.1 Å². The van der Waals surface area contributed by atoms with Crippen LogP contribution in [-0.4, -0.2) is 13.7 Å². The molecule has 1 aliphatic heterocycles. The number of fused-ring (bicyclic) bond motifs is 1. The number of halogens is 3. The Hall–Kier alpha value is -1.81. The van der Waals surface area contributed by atoms with E-state index in [1.54, 1.807) is 0 Å². The van der Waals surface area contributed by atoms with Gasteiger partial charge in [-0.05, 0) is 6.07 Å². The third-order valence-corrected chi connectivity index (χ3v) is 4.18. The lowest BCUT2D eigenvalue weighted by Crippen LogP contribution is -2.11. The van der Waals surface area contributed by atoms with Gasteiger partial charge in [0.2, 0.25) is 0 Å². The fourth-order valence-corrected chi connectivity index (χ4v) is 2.99. The molecule has 0 bridgehead atoms. The van der Waals surface area contributed by atoms with E-state index in [9.17, 15) is 8.78 Å². The maximum atomic E-state index is 14.1. The van der Waals surface area contributed by atoms with E-state index < -0.39 is 17.0 Å². The lowest BCUT2D eigenvalue weighted by Gasteiger charge is -2.18. The monoisotopic (exact) mass is 310 g/mol.